The van der Waals surface area contributed by atoms with Crippen molar-refractivity contribution in [3.8, 4) is 11.5 Å². The molecular formula is C25H28N2O3. The first kappa shape index (κ1) is 20.2. The fourth-order valence-corrected chi connectivity index (χ4v) is 4.95. The van der Waals surface area contributed by atoms with Crippen molar-refractivity contribution in [2.45, 2.75) is 38.8 Å². The second-order valence-corrected chi connectivity index (χ2v) is 8.13. The molecule has 3 aliphatic rings. The normalized spacial score (nSPS) is 26.7. The minimum Gasteiger partial charge on any atom is -0.504 e. The Hall–Kier alpha value is -3.05. The van der Waals surface area contributed by atoms with E-state index in [4.69, 9.17) is 9.73 Å². The molecule has 0 saturated heterocycles. The van der Waals surface area contributed by atoms with Gasteiger partial charge in [0.05, 0.1) is 13.7 Å². The van der Waals surface area contributed by atoms with Gasteiger partial charge in [-0.25, -0.2) is 0 Å². The summed E-state index contributed by atoms with van der Waals surface area (Å²) in [7, 11) is 1.50. The molecule has 5 nitrogen and oxygen atoms in total. The van der Waals surface area contributed by atoms with Crippen molar-refractivity contribution in [1.29, 1.82) is 0 Å². The molecular weight excluding hydrogens is 376 g/mol. The highest BCUT2D eigenvalue weighted by molar-refractivity contribution is 5.83. The number of aliphatic imine (C=N–C) groups is 1. The van der Waals surface area contributed by atoms with Gasteiger partial charge in [0, 0.05) is 41.1 Å². The summed E-state index contributed by atoms with van der Waals surface area (Å²) >= 11 is 0. The average molecular weight is 405 g/mol. The van der Waals surface area contributed by atoms with E-state index in [-0.39, 0.29) is 12.4 Å². The Morgan fingerprint density at radius 2 is 2.17 bits per heavy atom. The van der Waals surface area contributed by atoms with Crippen LogP contribution >= 0.6 is 0 Å². The van der Waals surface area contributed by atoms with Gasteiger partial charge in [-0.3, -0.25) is 4.99 Å². The molecule has 2 atom stereocenters. The highest BCUT2D eigenvalue weighted by atomic mass is 16.5. The van der Waals surface area contributed by atoms with Gasteiger partial charge in [0.2, 0.25) is 0 Å². The first-order valence-corrected chi connectivity index (χ1v) is 10.2. The molecule has 2 bridgehead atoms. The van der Waals surface area contributed by atoms with Crippen molar-refractivity contribution < 1.29 is 14.9 Å². The van der Waals surface area contributed by atoms with Gasteiger partial charge in [-0.2, -0.15) is 0 Å². The van der Waals surface area contributed by atoms with E-state index in [1.807, 2.05) is 12.3 Å². The van der Waals surface area contributed by atoms with Gasteiger partial charge in [0.15, 0.2) is 11.5 Å². The predicted molar refractivity (Wildman–Crippen MR) is 120 cm³/mol. The number of aliphatic hydroxyl groups excluding tert-OH is 1. The first-order chi connectivity index (χ1) is 14.4. The summed E-state index contributed by atoms with van der Waals surface area (Å²) in [5, 5.41) is 23.2. The van der Waals surface area contributed by atoms with Gasteiger partial charge in [-0.05, 0) is 49.6 Å². The maximum absolute atomic E-state index is 10.2. The highest BCUT2D eigenvalue weighted by Crippen LogP contribution is 2.52. The number of nitrogens with zero attached hydrogens (tertiary/aromatic N) is 1. The van der Waals surface area contributed by atoms with Gasteiger partial charge in [-0.1, -0.05) is 30.4 Å². The van der Waals surface area contributed by atoms with E-state index in [0.717, 1.165) is 24.1 Å². The molecule has 0 spiro atoms. The minimum atomic E-state index is -0.486. The Balaban J connectivity index is 1.86. The average Bonchev–Trinajstić information content (AvgIpc) is 2.72. The van der Waals surface area contributed by atoms with E-state index < -0.39 is 5.54 Å². The highest BCUT2D eigenvalue weighted by Gasteiger charge is 2.47. The molecule has 1 aromatic carbocycles. The Morgan fingerprint density at radius 1 is 1.37 bits per heavy atom. The lowest BCUT2D eigenvalue weighted by Crippen LogP contribution is -2.44. The van der Waals surface area contributed by atoms with Crippen LogP contribution in [0, 0.1) is 5.92 Å². The second-order valence-electron chi connectivity index (χ2n) is 8.13. The summed E-state index contributed by atoms with van der Waals surface area (Å²) in [5.41, 5.74) is 6.58. The zero-order valence-corrected chi connectivity index (χ0v) is 17.7. The molecule has 2 unspecified atom stereocenters. The van der Waals surface area contributed by atoms with Crippen molar-refractivity contribution >= 4 is 6.21 Å². The molecule has 5 heteroatoms. The van der Waals surface area contributed by atoms with E-state index in [0.29, 0.717) is 17.2 Å². The number of hydrogen-bond donors (Lipinski definition) is 3. The lowest BCUT2D eigenvalue weighted by atomic mass is 9.62. The fraction of sp³-hybridized carbons (Fsp3) is 0.320. The van der Waals surface area contributed by atoms with E-state index in [2.05, 4.69) is 44.0 Å². The zero-order chi connectivity index (χ0) is 21.5. The third kappa shape index (κ3) is 3.19. The Kier molecular flexibility index (Phi) is 5.16. The number of fused-ring (bicyclic) bond motifs is 3. The van der Waals surface area contributed by atoms with E-state index in [1.54, 1.807) is 12.1 Å². The van der Waals surface area contributed by atoms with E-state index in [9.17, 15) is 10.2 Å². The molecule has 1 aromatic rings. The lowest BCUT2D eigenvalue weighted by Gasteiger charge is -2.47. The second kappa shape index (κ2) is 7.65. The SMILES string of the molecule is C=C1C=CC2=C(CC3C=C(C)CC2(/N=C/c2cc(CO)c(O)c(OC)c2)/C3=C/C)N1. The standard InChI is InChI=1S/C25H28N2O3/c1-5-20-18-8-15(2)12-25(20,21-7-6-16(3)27-22(21)11-18)26-13-17-9-19(14-28)24(29)23(10-17)30-4/h5-10,13,18,27-29H,3,11-12,14H2,1-2,4H3/b20-5+,26-13+. The third-order valence-corrected chi connectivity index (χ3v) is 6.17. The quantitative estimate of drug-likeness (QED) is 0.517. The molecule has 0 radical (unpaired) electrons. The van der Waals surface area contributed by atoms with Crippen LogP contribution in [0.15, 0.2) is 76.1 Å². The lowest BCUT2D eigenvalue weighted by molar-refractivity contribution is 0.272. The van der Waals surface area contributed by atoms with Crippen LogP contribution in [-0.2, 0) is 6.61 Å². The molecule has 0 amide bonds. The number of allylic oxidation sites excluding steroid dienone is 4. The summed E-state index contributed by atoms with van der Waals surface area (Å²) in [5.74, 6) is 0.582. The number of methoxy groups -OCH3 is 1. The number of ether oxygens (including phenoxy) is 1. The number of hydrogen-bond acceptors (Lipinski definition) is 5. The van der Waals surface area contributed by atoms with Crippen molar-refractivity contribution in [2.24, 2.45) is 10.9 Å². The predicted octanol–water partition coefficient (Wildman–Crippen LogP) is 4.29. The van der Waals surface area contributed by atoms with Gasteiger partial charge in [0.25, 0.3) is 0 Å². The summed E-state index contributed by atoms with van der Waals surface area (Å²) in [6.07, 6.45) is 12.2. The van der Waals surface area contributed by atoms with Crippen molar-refractivity contribution in [2.75, 3.05) is 7.11 Å². The number of benzene rings is 1. The molecule has 0 aromatic heterocycles. The minimum absolute atomic E-state index is 0.0402. The van der Waals surface area contributed by atoms with Crippen molar-refractivity contribution in [3.63, 3.8) is 0 Å². The topological polar surface area (TPSA) is 74.1 Å². The van der Waals surface area contributed by atoms with Crippen molar-refractivity contribution in [3.05, 3.63) is 82.3 Å². The number of aliphatic hydroxyl groups is 1. The molecule has 4 rings (SSSR count). The van der Waals surface area contributed by atoms with E-state index >= 15 is 0 Å². The number of aromatic hydroxyl groups is 1. The van der Waals surface area contributed by atoms with Gasteiger partial charge in [0.1, 0.15) is 5.54 Å². The molecule has 156 valence electrons. The monoisotopic (exact) mass is 404 g/mol. The fourth-order valence-electron chi connectivity index (χ4n) is 4.95. The molecule has 2 aliphatic carbocycles. The van der Waals surface area contributed by atoms with Crippen LogP contribution in [-0.4, -0.2) is 29.1 Å². The number of rotatable bonds is 4. The summed E-state index contributed by atoms with van der Waals surface area (Å²) in [6, 6.07) is 3.48. The summed E-state index contributed by atoms with van der Waals surface area (Å²) in [4.78, 5) is 5.17. The summed E-state index contributed by atoms with van der Waals surface area (Å²) < 4.78 is 5.27. The number of phenols is 1. The molecule has 0 fully saturated rings. The number of dihydropyridines is 1. The zero-order valence-electron chi connectivity index (χ0n) is 17.7. The van der Waals surface area contributed by atoms with Crippen LogP contribution in [0.2, 0.25) is 0 Å². The van der Waals surface area contributed by atoms with Crippen molar-refractivity contribution in [1.82, 2.24) is 5.32 Å². The Labute approximate surface area is 177 Å². The van der Waals surface area contributed by atoms with Crippen LogP contribution in [0.4, 0.5) is 0 Å². The molecule has 30 heavy (non-hydrogen) atoms. The molecule has 1 aliphatic heterocycles. The van der Waals surface area contributed by atoms with Crippen LogP contribution in [0.5, 0.6) is 11.5 Å². The van der Waals surface area contributed by atoms with Crippen LogP contribution in [0.1, 0.15) is 37.8 Å². The molecule has 0 saturated carbocycles. The smallest absolute Gasteiger partial charge is 0.163 e. The third-order valence-electron chi connectivity index (χ3n) is 6.17. The van der Waals surface area contributed by atoms with Gasteiger partial charge in [-0.15, -0.1) is 0 Å². The number of nitrogens with one attached hydrogen (secondary N) is 1. The van der Waals surface area contributed by atoms with Crippen LogP contribution in [0.25, 0.3) is 0 Å². The largest absolute Gasteiger partial charge is 0.504 e. The maximum atomic E-state index is 10.2. The maximum Gasteiger partial charge on any atom is 0.163 e. The van der Waals surface area contributed by atoms with Crippen LogP contribution < -0.4 is 10.1 Å². The van der Waals surface area contributed by atoms with Gasteiger partial charge >= 0.3 is 0 Å². The van der Waals surface area contributed by atoms with Crippen LogP contribution in [0.3, 0.4) is 0 Å². The van der Waals surface area contributed by atoms with Gasteiger partial charge < -0.3 is 20.3 Å². The summed E-state index contributed by atoms with van der Waals surface area (Å²) in [6.45, 7) is 8.03. The Morgan fingerprint density at radius 3 is 2.87 bits per heavy atom. The molecule has 1 heterocycles. The molecule has 3 N–H and O–H groups in total. The van der Waals surface area contributed by atoms with E-state index in [1.165, 1.54) is 29.5 Å². The first-order valence-electron chi connectivity index (χ1n) is 10.2. The Bertz CT molecular complexity index is 1030.